The van der Waals surface area contributed by atoms with Crippen LogP contribution in [-0.4, -0.2) is 6.18 Å². The molecular weight excluding hydrogens is 329 g/mol. The molecular formula is C8H6ClF3IN. The first kappa shape index (κ1) is 12.1. The van der Waals surface area contributed by atoms with Crippen molar-refractivity contribution in [3.63, 3.8) is 0 Å². The fourth-order valence-electron chi connectivity index (χ4n) is 0.895. The van der Waals surface area contributed by atoms with Gasteiger partial charge in [-0.1, -0.05) is 17.7 Å². The molecule has 0 bridgehead atoms. The van der Waals surface area contributed by atoms with E-state index in [1.807, 2.05) is 22.6 Å². The summed E-state index contributed by atoms with van der Waals surface area (Å²) in [6.45, 7) is 0. The molecule has 0 unspecified atom stereocenters. The minimum absolute atomic E-state index is 0.0251. The highest BCUT2D eigenvalue weighted by molar-refractivity contribution is 14.1. The van der Waals surface area contributed by atoms with E-state index in [1.54, 1.807) is 0 Å². The monoisotopic (exact) mass is 335 g/mol. The van der Waals surface area contributed by atoms with Gasteiger partial charge < -0.3 is 5.73 Å². The quantitative estimate of drug-likeness (QED) is 0.781. The normalized spacial score (nSPS) is 14.1. The first-order valence-corrected chi connectivity index (χ1v) is 5.05. The number of benzene rings is 1. The van der Waals surface area contributed by atoms with Crippen LogP contribution in [0.15, 0.2) is 18.2 Å². The predicted octanol–water partition coefficient (Wildman–Crippen LogP) is 3.51. The molecule has 1 nitrogen and oxygen atoms in total. The summed E-state index contributed by atoms with van der Waals surface area (Å²) < 4.78 is 37.3. The van der Waals surface area contributed by atoms with Crippen LogP contribution < -0.4 is 5.73 Å². The lowest BCUT2D eigenvalue weighted by molar-refractivity contribution is -0.149. The molecule has 0 fully saturated rings. The van der Waals surface area contributed by atoms with Gasteiger partial charge in [-0.3, -0.25) is 0 Å². The van der Waals surface area contributed by atoms with Crippen LogP contribution in [0.25, 0.3) is 0 Å². The molecule has 0 amide bonds. The summed E-state index contributed by atoms with van der Waals surface area (Å²) in [6, 6.07) is 2.09. The standard InChI is InChI=1S/C8H6ClF3IN/c9-5-3-4(1-2-6(5)13)7(14)8(10,11)12/h1-3,7H,14H2/t7-/m0/s1. The number of hydrogen-bond donors (Lipinski definition) is 1. The highest BCUT2D eigenvalue weighted by atomic mass is 127. The van der Waals surface area contributed by atoms with E-state index < -0.39 is 12.2 Å². The van der Waals surface area contributed by atoms with Gasteiger partial charge in [-0.05, 0) is 40.3 Å². The Morgan fingerprint density at radius 3 is 2.36 bits per heavy atom. The van der Waals surface area contributed by atoms with E-state index in [4.69, 9.17) is 17.3 Å². The van der Waals surface area contributed by atoms with Crippen molar-refractivity contribution in [2.75, 3.05) is 0 Å². The molecule has 6 heteroatoms. The Morgan fingerprint density at radius 1 is 1.36 bits per heavy atom. The van der Waals surface area contributed by atoms with Crippen LogP contribution in [0.1, 0.15) is 11.6 Å². The summed E-state index contributed by atoms with van der Waals surface area (Å²) in [5.74, 6) is 0. The number of hydrogen-bond acceptors (Lipinski definition) is 1. The van der Waals surface area contributed by atoms with E-state index in [2.05, 4.69) is 0 Å². The molecule has 0 saturated heterocycles. The number of rotatable bonds is 1. The van der Waals surface area contributed by atoms with Crippen LogP contribution in [0, 0.1) is 3.57 Å². The third-order valence-electron chi connectivity index (χ3n) is 1.66. The molecule has 0 saturated carbocycles. The third kappa shape index (κ3) is 2.74. The zero-order chi connectivity index (χ0) is 10.9. The SMILES string of the molecule is N[C@@H](c1ccc(I)c(Cl)c1)C(F)(F)F. The van der Waals surface area contributed by atoms with Gasteiger partial charge >= 0.3 is 6.18 Å². The average molecular weight is 335 g/mol. The molecule has 1 aromatic carbocycles. The highest BCUT2D eigenvalue weighted by Crippen LogP contribution is 2.32. The summed E-state index contributed by atoms with van der Waals surface area (Å²) in [4.78, 5) is 0. The molecule has 78 valence electrons. The topological polar surface area (TPSA) is 26.0 Å². The van der Waals surface area contributed by atoms with Crippen LogP contribution in [0.4, 0.5) is 13.2 Å². The van der Waals surface area contributed by atoms with Gasteiger partial charge in [0.2, 0.25) is 0 Å². The third-order valence-corrected chi connectivity index (χ3v) is 3.23. The van der Waals surface area contributed by atoms with E-state index in [0.29, 0.717) is 3.57 Å². The summed E-state index contributed by atoms with van der Waals surface area (Å²) in [5.41, 5.74) is 4.98. The second kappa shape index (κ2) is 4.24. The van der Waals surface area contributed by atoms with E-state index in [1.165, 1.54) is 18.2 Å². The summed E-state index contributed by atoms with van der Waals surface area (Å²) in [6.07, 6.45) is -4.43. The van der Waals surface area contributed by atoms with Crippen LogP contribution in [0.5, 0.6) is 0 Å². The van der Waals surface area contributed by atoms with Crippen molar-refractivity contribution >= 4 is 34.2 Å². The molecule has 1 atom stereocenters. The van der Waals surface area contributed by atoms with Gasteiger partial charge in [0, 0.05) is 3.57 Å². The minimum atomic E-state index is -4.43. The van der Waals surface area contributed by atoms with Gasteiger partial charge in [-0.15, -0.1) is 0 Å². The fraction of sp³-hybridized carbons (Fsp3) is 0.250. The molecule has 0 spiro atoms. The van der Waals surface area contributed by atoms with E-state index >= 15 is 0 Å². The smallest absolute Gasteiger partial charge is 0.316 e. The molecule has 0 aliphatic heterocycles. The minimum Gasteiger partial charge on any atom is -0.316 e. The zero-order valence-corrected chi connectivity index (χ0v) is 9.69. The van der Waals surface area contributed by atoms with Crippen molar-refractivity contribution in [2.45, 2.75) is 12.2 Å². The van der Waals surface area contributed by atoms with Gasteiger partial charge in [-0.25, -0.2) is 0 Å². The summed E-state index contributed by atoms with van der Waals surface area (Å²) >= 11 is 7.61. The van der Waals surface area contributed by atoms with Crippen molar-refractivity contribution in [2.24, 2.45) is 5.73 Å². The Balaban J connectivity index is 3.03. The van der Waals surface area contributed by atoms with E-state index in [0.717, 1.165) is 0 Å². The molecule has 0 aliphatic rings. The van der Waals surface area contributed by atoms with Crippen LogP contribution in [0.2, 0.25) is 5.02 Å². The summed E-state index contributed by atoms with van der Waals surface area (Å²) in [5, 5.41) is 0.280. The van der Waals surface area contributed by atoms with Crippen molar-refractivity contribution in [1.29, 1.82) is 0 Å². The maximum Gasteiger partial charge on any atom is 0.407 e. The Morgan fingerprint density at radius 2 is 1.93 bits per heavy atom. The summed E-state index contributed by atoms with van der Waals surface area (Å²) in [7, 11) is 0. The van der Waals surface area contributed by atoms with Gasteiger partial charge in [0.25, 0.3) is 0 Å². The largest absolute Gasteiger partial charge is 0.407 e. The molecule has 0 heterocycles. The second-order valence-electron chi connectivity index (χ2n) is 2.69. The Kier molecular flexibility index (Phi) is 3.65. The van der Waals surface area contributed by atoms with Gasteiger partial charge in [0.15, 0.2) is 0 Å². The average Bonchev–Trinajstić information content (AvgIpc) is 2.07. The highest BCUT2D eigenvalue weighted by Gasteiger charge is 2.37. The lowest BCUT2D eigenvalue weighted by Crippen LogP contribution is -2.28. The van der Waals surface area contributed by atoms with E-state index in [-0.39, 0.29) is 10.6 Å². The molecule has 2 N–H and O–H groups in total. The molecule has 14 heavy (non-hydrogen) atoms. The molecule has 0 aromatic heterocycles. The molecule has 1 rings (SSSR count). The molecule has 1 aromatic rings. The first-order valence-electron chi connectivity index (χ1n) is 3.59. The van der Waals surface area contributed by atoms with Crippen LogP contribution in [0.3, 0.4) is 0 Å². The van der Waals surface area contributed by atoms with Crippen molar-refractivity contribution in [3.05, 3.63) is 32.4 Å². The van der Waals surface area contributed by atoms with Crippen molar-refractivity contribution in [3.8, 4) is 0 Å². The van der Waals surface area contributed by atoms with Crippen LogP contribution in [-0.2, 0) is 0 Å². The molecule has 0 aliphatic carbocycles. The lowest BCUT2D eigenvalue weighted by atomic mass is 10.1. The zero-order valence-electron chi connectivity index (χ0n) is 6.78. The van der Waals surface area contributed by atoms with Gasteiger partial charge in [0.05, 0.1) is 5.02 Å². The Hall–Kier alpha value is -0.0100. The number of nitrogens with two attached hydrogens (primary N) is 1. The maximum atomic E-state index is 12.2. The van der Waals surface area contributed by atoms with Crippen LogP contribution >= 0.6 is 34.2 Å². The van der Waals surface area contributed by atoms with E-state index in [9.17, 15) is 13.2 Å². The number of alkyl halides is 3. The second-order valence-corrected chi connectivity index (χ2v) is 4.26. The Bertz CT molecular complexity index is 340. The lowest BCUT2D eigenvalue weighted by Gasteiger charge is -2.16. The van der Waals surface area contributed by atoms with Gasteiger partial charge in [0.1, 0.15) is 6.04 Å². The fourth-order valence-corrected chi connectivity index (χ4v) is 1.42. The van der Waals surface area contributed by atoms with Crippen molar-refractivity contribution in [1.82, 2.24) is 0 Å². The molecule has 0 radical (unpaired) electrons. The van der Waals surface area contributed by atoms with Gasteiger partial charge in [-0.2, -0.15) is 13.2 Å². The maximum absolute atomic E-state index is 12.2. The first-order chi connectivity index (χ1) is 6.32. The predicted molar refractivity (Wildman–Crippen MR) is 57.2 cm³/mol. The Labute approximate surface area is 97.6 Å². The number of halogens is 5. The van der Waals surface area contributed by atoms with Crippen molar-refractivity contribution < 1.29 is 13.2 Å².